The van der Waals surface area contributed by atoms with E-state index in [0.717, 1.165) is 21.8 Å². The molecule has 0 fully saturated rings. The Morgan fingerprint density at radius 2 is 1.58 bits per heavy atom. The van der Waals surface area contributed by atoms with Crippen LogP contribution in [0.1, 0.15) is 22.9 Å². The number of aromatic nitrogens is 3. The van der Waals surface area contributed by atoms with Crippen LogP contribution in [0.25, 0.3) is 27.8 Å². The van der Waals surface area contributed by atoms with Gasteiger partial charge in [-0.05, 0) is 30.7 Å². The molecule has 8 heteroatoms. The van der Waals surface area contributed by atoms with Crippen LogP contribution in [0.3, 0.4) is 0 Å². The first-order valence-corrected chi connectivity index (χ1v) is 11.4. The molecule has 0 N–H and O–H groups in total. The molecular formula is C28H21F2N3O3. The second-order valence-electron chi connectivity index (χ2n) is 8.92. The van der Waals surface area contributed by atoms with Crippen molar-refractivity contribution in [2.24, 2.45) is 14.1 Å². The molecule has 1 atom stereocenters. The molecule has 0 saturated carbocycles. The predicted molar refractivity (Wildman–Crippen MR) is 133 cm³/mol. The minimum Gasteiger partial charge on any atom is -0.477 e. The second-order valence-corrected chi connectivity index (χ2v) is 8.92. The molecule has 0 unspecified atom stereocenters. The fourth-order valence-corrected chi connectivity index (χ4v) is 5.14. The van der Waals surface area contributed by atoms with Gasteiger partial charge in [0.15, 0.2) is 17.7 Å². The second kappa shape index (κ2) is 7.78. The zero-order valence-corrected chi connectivity index (χ0v) is 19.8. The minimum atomic E-state index is -1.12. The van der Waals surface area contributed by atoms with Crippen molar-refractivity contribution >= 4 is 10.9 Å². The maximum atomic E-state index is 15.2. The maximum Gasteiger partial charge on any atom is 0.331 e. The lowest BCUT2D eigenvalue weighted by atomic mass is 10.0. The number of hydrogen-bond donors (Lipinski definition) is 0. The monoisotopic (exact) mass is 485 g/mol. The van der Waals surface area contributed by atoms with Crippen LogP contribution < -0.4 is 16.0 Å². The zero-order valence-electron chi connectivity index (χ0n) is 19.8. The van der Waals surface area contributed by atoms with E-state index >= 15 is 4.39 Å². The van der Waals surface area contributed by atoms with E-state index in [0.29, 0.717) is 33.7 Å². The molecule has 2 aromatic heterocycles. The molecule has 0 saturated heterocycles. The highest BCUT2D eigenvalue weighted by Crippen LogP contribution is 2.47. The molecule has 180 valence electrons. The Hall–Kier alpha value is -4.46. The van der Waals surface area contributed by atoms with E-state index in [2.05, 4.69) is 0 Å². The van der Waals surface area contributed by atoms with Crippen molar-refractivity contribution in [2.45, 2.75) is 13.0 Å². The zero-order chi connectivity index (χ0) is 25.3. The van der Waals surface area contributed by atoms with Crippen LogP contribution in [-0.4, -0.2) is 13.7 Å². The van der Waals surface area contributed by atoms with Gasteiger partial charge in [0.25, 0.3) is 5.56 Å². The summed E-state index contributed by atoms with van der Waals surface area (Å²) in [5.41, 5.74) is 2.52. The van der Waals surface area contributed by atoms with Crippen molar-refractivity contribution in [1.82, 2.24) is 13.7 Å². The summed E-state index contributed by atoms with van der Waals surface area (Å²) in [6.07, 6.45) is -1.12. The predicted octanol–water partition coefficient (Wildman–Crippen LogP) is 4.76. The number of nitrogens with zero attached hydrogens (tertiary/aromatic N) is 3. The van der Waals surface area contributed by atoms with Gasteiger partial charge in [-0.15, -0.1) is 0 Å². The van der Waals surface area contributed by atoms with Gasteiger partial charge in [0.2, 0.25) is 0 Å². The molecule has 0 spiro atoms. The molecular weight excluding hydrogens is 464 g/mol. The average molecular weight is 485 g/mol. The van der Waals surface area contributed by atoms with E-state index in [9.17, 15) is 14.0 Å². The summed E-state index contributed by atoms with van der Waals surface area (Å²) < 4.78 is 40.1. The molecule has 1 aliphatic rings. The van der Waals surface area contributed by atoms with E-state index in [4.69, 9.17) is 4.74 Å². The van der Waals surface area contributed by atoms with Gasteiger partial charge >= 0.3 is 5.69 Å². The highest BCUT2D eigenvalue weighted by molar-refractivity contribution is 5.98. The van der Waals surface area contributed by atoms with Crippen molar-refractivity contribution in [2.75, 3.05) is 0 Å². The first-order chi connectivity index (χ1) is 17.3. The number of ether oxygens (including phenoxy) is 1. The topological polar surface area (TPSA) is 58.2 Å². The largest absolute Gasteiger partial charge is 0.477 e. The standard InChI is InChI=1S/C28H21F2N3O3/c1-15-9-4-5-10-16(15)23-21-24(31(2)28(35)32(3)27(21)34)25-26(17-11-8-12-18(29)22(17)30)36-20-14-7-6-13-19(20)33(23)25/h4-14,26H,1-3H3/t26-/m1/s1. The fraction of sp³-hybridized carbons (Fsp3) is 0.143. The Morgan fingerprint density at radius 3 is 2.36 bits per heavy atom. The Morgan fingerprint density at radius 1 is 0.861 bits per heavy atom. The Labute approximate surface area is 204 Å². The Bertz CT molecular complexity index is 1830. The van der Waals surface area contributed by atoms with Gasteiger partial charge in [0, 0.05) is 25.2 Å². The van der Waals surface area contributed by atoms with Crippen LogP contribution in [-0.2, 0) is 14.1 Å². The van der Waals surface area contributed by atoms with Gasteiger partial charge in [-0.2, -0.15) is 0 Å². The summed E-state index contributed by atoms with van der Waals surface area (Å²) in [6, 6.07) is 18.7. The molecule has 0 amide bonds. The van der Waals surface area contributed by atoms with Crippen molar-refractivity contribution in [3.8, 4) is 22.7 Å². The van der Waals surface area contributed by atoms with Crippen molar-refractivity contribution in [3.63, 3.8) is 0 Å². The van der Waals surface area contributed by atoms with Crippen LogP contribution in [0.4, 0.5) is 8.78 Å². The first kappa shape index (κ1) is 22.0. The maximum absolute atomic E-state index is 15.2. The molecule has 0 aliphatic carbocycles. The number of para-hydroxylation sites is 2. The third-order valence-corrected chi connectivity index (χ3v) is 6.87. The van der Waals surface area contributed by atoms with Crippen molar-refractivity contribution in [3.05, 3.63) is 116 Å². The van der Waals surface area contributed by atoms with Crippen LogP contribution in [0.5, 0.6) is 5.75 Å². The van der Waals surface area contributed by atoms with E-state index in [1.54, 1.807) is 19.2 Å². The molecule has 0 bridgehead atoms. The van der Waals surface area contributed by atoms with E-state index in [1.807, 2.05) is 47.9 Å². The SMILES string of the molecule is Cc1ccccc1-c1c2c(=O)n(C)c(=O)n(C)c2c2n1-c1ccccc1O[C@@H]2c1cccc(F)c1F. The molecule has 6 rings (SSSR count). The first-order valence-electron chi connectivity index (χ1n) is 11.4. The summed E-state index contributed by atoms with van der Waals surface area (Å²) in [4.78, 5) is 26.7. The number of halogens is 2. The smallest absolute Gasteiger partial charge is 0.331 e. The van der Waals surface area contributed by atoms with Crippen molar-refractivity contribution < 1.29 is 13.5 Å². The van der Waals surface area contributed by atoms with Gasteiger partial charge < -0.3 is 9.30 Å². The van der Waals surface area contributed by atoms with Crippen LogP contribution >= 0.6 is 0 Å². The molecule has 1 aliphatic heterocycles. The third kappa shape index (κ3) is 2.87. The van der Waals surface area contributed by atoms with Gasteiger partial charge in [-0.3, -0.25) is 13.9 Å². The number of fused-ring (bicyclic) bond motifs is 5. The molecule has 3 heterocycles. The Kier molecular flexibility index (Phi) is 4.76. The summed E-state index contributed by atoms with van der Waals surface area (Å²) >= 11 is 0. The fourth-order valence-electron chi connectivity index (χ4n) is 5.14. The van der Waals surface area contributed by atoms with Crippen LogP contribution in [0, 0.1) is 18.6 Å². The quantitative estimate of drug-likeness (QED) is 0.362. The van der Waals surface area contributed by atoms with Gasteiger partial charge in [0.1, 0.15) is 5.75 Å². The van der Waals surface area contributed by atoms with E-state index < -0.39 is 29.0 Å². The minimum absolute atomic E-state index is 0.0328. The van der Waals surface area contributed by atoms with Crippen molar-refractivity contribution in [1.29, 1.82) is 0 Å². The summed E-state index contributed by atoms with van der Waals surface area (Å²) in [5, 5.41) is 0.297. The summed E-state index contributed by atoms with van der Waals surface area (Å²) in [6.45, 7) is 1.93. The number of rotatable bonds is 2. The van der Waals surface area contributed by atoms with E-state index in [1.165, 1.54) is 23.7 Å². The molecule has 36 heavy (non-hydrogen) atoms. The Balaban J connectivity index is 1.90. The normalized spacial score (nSPS) is 14.4. The lowest BCUT2D eigenvalue weighted by Gasteiger charge is -2.30. The number of aryl methyl sites for hydroxylation is 2. The van der Waals surface area contributed by atoms with Crippen LogP contribution in [0.2, 0.25) is 0 Å². The lowest BCUT2D eigenvalue weighted by molar-refractivity contribution is 0.222. The molecule has 5 aromatic rings. The molecule has 0 radical (unpaired) electrons. The summed E-state index contributed by atoms with van der Waals surface area (Å²) in [5.74, 6) is -1.62. The number of benzene rings is 3. The highest BCUT2D eigenvalue weighted by atomic mass is 19.2. The van der Waals surface area contributed by atoms with Gasteiger partial charge in [-0.25, -0.2) is 13.6 Å². The molecule has 6 nitrogen and oxygen atoms in total. The van der Waals surface area contributed by atoms with E-state index in [-0.39, 0.29) is 5.56 Å². The van der Waals surface area contributed by atoms with Gasteiger partial charge in [0.05, 0.1) is 28.0 Å². The number of hydrogen-bond acceptors (Lipinski definition) is 3. The average Bonchev–Trinajstić information content (AvgIpc) is 3.24. The van der Waals surface area contributed by atoms with Crippen LogP contribution in [0.15, 0.2) is 76.3 Å². The third-order valence-electron chi connectivity index (χ3n) is 6.87. The van der Waals surface area contributed by atoms with Gasteiger partial charge in [-0.1, -0.05) is 48.5 Å². The highest BCUT2D eigenvalue weighted by Gasteiger charge is 2.37. The molecule has 3 aromatic carbocycles. The lowest BCUT2D eigenvalue weighted by Crippen LogP contribution is -2.37. The summed E-state index contributed by atoms with van der Waals surface area (Å²) in [7, 11) is 2.99.